The first-order chi connectivity index (χ1) is 13.1. The van der Waals surface area contributed by atoms with Gasteiger partial charge in [0, 0.05) is 11.6 Å². The van der Waals surface area contributed by atoms with E-state index >= 15 is 0 Å². The van der Waals surface area contributed by atoms with Crippen molar-refractivity contribution in [3.8, 4) is 17.1 Å². The molecule has 0 amide bonds. The van der Waals surface area contributed by atoms with Gasteiger partial charge in [0.05, 0.1) is 5.69 Å². The number of halogens is 2. The Morgan fingerprint density at radius 3 is 2.63 bits per heavy atom. The van der Waals surface area contributed by atoms with Crippen molar-refractivity contribution in [1.82, 2.24) is 9.55 Å². The number of pyridine rings is 1. The third-order valence-corrected chi connectivity index (χ3v) is 4.64. The number of hydrogen-bond donors (Lipinski definition) is 0. The van der Waals surface area contributed by atoms with E-state index < -0.39 is 5.82 Å². The second-order valence-electron chi connectivity index (χ2n) is 6.28. The van der Waals surface area contributed by atoms with Gasteiger partial charge in [-0.1, -0.05) is 18.2 Å². The molecule has 0 spiro atoms. The molecule has 27 heavy (non-hydrogen) atoms. The minimum atomic E-state index is -0.487. The number of nitrogens with zero attached hydrogens (tertiary/aromatic N) is 2. The number of carbonyl (C=O) groups is 1. The van der Waals surface area contributed by atoms with Gasteiger partial charge in [0.2, 0.25) is 0 Å². The van der Waals surface area contributed by atoms with Gasteiger partial charge in [-0.05, 0) is 42.0 Å². The van der Waals surface area contributed by atoms with E-state index in [1.165, 1.54) is 22.8 Å². The van der Waals surface area contributed by atoms with Crippen LogP contribution in [0.4, 0.5) is 8.78 Å². The number of rotatable bonds is 3. The van der Waals surface area contributed by atoms with Crippen molar-refractivity contribution in [3.05, 3.63) is 83.6 Å². The Balaban J connectivity index is 1.69. The molecule has 2 aromatic carbocycles. The van der Waals surface area contributed by atoms with Crippen LogP contribution in [0.15, 0.2) is 60.8 Å². The zero-order chi connectivity index (χ0) is 18.5. The van der Waals surface area contributed by atoms with Crippen molar-refractivity contribution in [3.63, 3.8) is 0 Å². The maximum atomic E-state index is 14.4. The molecule has 0 unspecified atom stereocenters. The van der Waals surface area contributed by atoms with E-state index in [1.807, 2.05) is 0 Å². The van der Waals surface area contributed by atoms with Gasteiger partial charge in [0.1, 0.15) is 40.8 Å². The van der Waals surface area contributed by atoms with Crippen molar-refractivity contribution in [2.45, 2.75) is 6.61 Å². The fraction of sp³-hybridized carbons (Fsp3) is 0.0476. The number of hydrogen-bond acceptors (Lipinski definition) is 3. The van der Waals surface area contributed by atoms with Crippen molar-refractivity contribution >= 4 is 16.8 Å². The molecule has 0 N–H and O–H groups in total. The summed E-state index contributed by atoms with van der Waals surface area (Å²) in [6.45, 7) is 0.116. The molecule has 1 aliphatic rings. The molecule has 0 radical (unpaired) electrons. The predicted octanol–water partition coefficient (Wildman–Crippen LogP) is 4.56. The van der Waals surface area contributed by atoms with E-state index in [9.17, 15) is 13.6 Å². The summed E-state index contributed by atoms with van der Waals surface area (Å²) in [5.41, 5.74) is 2.19. The number of aromatic nitrogens is 2. The van der Waals surface area contributed by atoms with Crippen LogP contribution in [-0.2, 0) is 6.61 Å². The summed E-state index contributed by atoms with van der Waals surface area (Å²) in [5, 5.41) is 0.426. The fourth-order valence-electron chi connectivity index (χ4n) is 3.36. The van der Waals surface area contributed by atoms with E-state index in [2.05, 4.69) is 4.98 Å². The van der Waals surface area contributed by atoms with Gasteiger partial charge in [0.25, 0.3) is 5.91 Å². The molecule has 0 aliphatic carbocycles. The molecule has 0 bridgehead atoms. The highest BCUT2D eigenvalue weighted by Gasteiger charge is 2.33. The lowest BCUT2D eigenvalue weighted by Gasteiger charge is -2.13. The standard InChI is InChI=1S/C21H12F2N2O2/c22-13-8-6-12(7-9-13)11-27-20-14-3-1-4-15(23)18(14)24-19-16-5-2-10-25(16)21(26)17(19)20/h1-10H,11H2. The van der Waals surface area contributed by atoms with E-state index in [0.29, 0.717) is 22.3 Å². The van der Waals surface area contributed by atoms with Crippen molar-refractivity contribution in [2.24, 2.45) is 0 Å². The average molecular weight is 362 g/mol. The van der Waals surface area contributed by atoms with Crippen molar-refractivity contribution in [1.29, 1.82) is 0 Å². The second-order valence-corrected chi connectivity index (χ2v) is 6.28. The molecule has 4 nitrogen and oxygen atoms in total. The van der Waals surface area contributed by atoms with Crippen LogP contribution in [0.25, 0.3) is 22.3 Å². The van der Waals surface area contributed by atoms with Gasteiger partial charge in [-0.25, -0.2) is 13.8 Å². The first kappa shape index (κ1) is 15.7. The highest BCUT2D eigenvalue weighted by molar-refractivity contribution is 6.13. The Bertz CT molecular complexity index is 1210. The van der Waals surface area contributed by atoms with Crippen molar-refractivity contribution < 1.29 is 18.3 Å². The first-order valence-corrected chi connectivity index (χ1v) is 8.35. The Hall–Kier alpha value is -3.54. The number of benzene rings is 2. The van der Waals surface area contributed by atoms with Crippen LogP contribution in [0.1, 0.15) is 15.9 Å². The van der Waals surface area contributed by atoms with Gasteiger partial charge in [-0.3, -0.25) is 9.36 Å². The lowest BCUT2D eigenvalue weighted by Crippen LogP contribution is -2.08. The first-order valence-electron chi connectivity index (χ1n) is 8.35. The molecular formula is C21H12F2N2O2. The third-order valence-electron chi connectivity index (χ3n) is 4.64. The average Bonchev–Trinajstić information content (AvgIpc) is 3.25. The Labute approximate surface area is 152 Å². The largest absolute Gasteiger partial charge is 0.487 e. The van der Waals surface area contributed by atoms with Crippen LogP contribution in [0.3, 0.4) is 0 Å². The zero-order valence-corrected chi connectivity index (χ0v) is 13.9. The molecule has 132 valence electrons. The smallest absolute Gasteiger partial charge is 0.268 e. The molecule has 6 heteroatoms. The molecule has 2 aromatic heterocycles. The van der Waals surface area contributed by atoms with E-state index in [0.717, 1.165) is 5.56 Å². The molecule has 4 aromatic rings. The van der Waals surface area contributed by atoms with Crippen molar-refractivity contribution in [2.75, 3.05) is 0 Å². The summed E-state index contributed by atoms with van der Waals surface area (Å²) >= 11 is 0. The van der Waals surface area contributed by atoms with Crippen LogP contribution in [-0.4, -0.2) is 15.5 Å². The zero-order valence-electron chi connectivity index (χ0n) is 13.9. The molecule has 1 aliphatic heterocycles. The Kier molecular flexibility index (Phi) is 3.33. The lowest BCUT2D eigenvalue weighted by molar-refractivity contribution is 0.0965. The third kappa shape index (κ3) is 2.33. The number of para-hydroxylation sites is 1. The van der Waals surface area contributed by atoms with Gasteiger partial charge in [-0.2, -0.15) is 0 Å². The minimum Gasteiger partial charge on any atom is -0.487 e. The summed E-state index contributed by atoms with van der Waals surface area (Å²) in [6.07, 6.45) is 1.64. The van der Waals surface area contributed by atoms with Crippen LogP contribution < -0.4 is 4.74 Å². The van der Waals surface area contributed by atoms with Crippen LogP contribution in [0.2, 0.25) is 0 Å². The maximum Gasteiger partial charge on any atom is 0.268 e. The SMILES string of the molecule is O=C1c2c(nc3c(F)cccc3c2OCc2ccc(F)cc2)-c2cccn21. The number of fused-ring (bicyclic) bond motifs is 4. The molecular weight excluding hydrogens is 350 g/mol. The van der Waals surface area contributed by atoms with E-state index in [-0.39, 0.29) is 29.6 Å². The van der Waals surface area contributed by atoms with E-state index in [4.69, 9.17) is 4.74 Å². The molecule has 0 atom stereocenters. The predicted molar refractivity (Wildman–Crippen MR) is 95.6 cm³/mol. The summed E-state index contributed by atoms with van der Waals surface area (Å²) in [4.78, 5) is 17.3. The second kappa shape index (κ2) is 5.74. The molecule has 0 saturated heterocycles. The molecule has 0 fully saturated rings. The monoisotopic (exact) mass is 362 g/mol. The van der Waals surface area contributed by atoms with Gasteiger partial charge in [0.15, 0.2) is 0 Å². The van der Waals surface area contributed by atoms with Gasteiger partial charge >= 0.3 is 0 Å². The highest BCUT2D eigenvalue weighted by Crippen LogP contribution is 2.41. The van der Waals surface area contributed by atoms with Gasteiger partial charge in [-0.15, -0.1) is 0 Å². The lowest BCUT2D eigenvalue weighted by atomic mass is 10.1. The van der Waals surface area contributed by atoms with Crippen LogP contribution in [0, 0.1) is 11.6 Å². The highest BCUT2D eigenvalue weighted by atomic mass is 19.1. The number of carbonyl (C=O) groups excluding carboxylic acids is 1. The Morgan fingerprint density at radius 2 is 1.81 bits per heavy atom. The quantitative estimate of drug-likeness (QED) is 0.472. The topological polar surface area (TPSA) is 44.1 Å². The summed E-state index contributed by atoms with van der Waals surface area (Å²) in [5.74, 6) is -0.810. The minimum absolute atomic E-state index is 0.116. The Morgan fingerprint density at radius 1 is 1.00 bits per heavy atom. The maximum absolute atomic E-state index is 14.4. The van der Waals surface area contributed by atoms with Gasteiger partial charge < -0.3 is 4.74 Å². The fourth-order valence-corrected chi connectivity index (χ4v) is 3.36. The van der Waals surface area contributed by atoms with Crippen LogP contribution >= 0.6 is 0 Å². The summed E-state index contributed by atoms with van der Waals surface area (Å²) in [7, 11) is 0. The van der Waals surface area contributed by atoms with Crippen LogP contribution in [0.5, 0.6) is 5.75 Å². The molecule has 3 heterocycles. The normalized spacial score (nSPS) is 12.3. The van der Waals surface area contributed by atoms with E-state index in [1.54, 1.807) is 42.6 Å². The summed E-state index contributed by atoms with van der Waals surface area (Å²) in [6, 6.07) is 13.9. The molecule has 5 rings (SSSR count). The number of ether oxygens (including phenoxy) is 1. The molecule has 0 saturated carbocycles. The summed E-state index contributed by atoms with van der Waals surface area (Å²) < 4.78 is 34.9.